The number of halogens is 2. The van der Waals surface area contributed by atoms with E-state index >= 15 is 0 Å². The van der Waals surface area contributed by atoms with Crippen molar-refractivity contribution in [2.75, 3.05) is 26.2 Å². The first kappa shape index (κ1) is 34.6. The van der Waals surface area contributed by atoms with Crippen LogP contribution >= 0.6 is 23.2 Å². The molecule has 4 N–H and O–H groups in total. The zero-order chi connectivity index (χ0) is 32.5. The maximum Gasteiger partial charge on any atom is 0.154 e. The summed E-state index contributed by atoms with van der Waals surface area (Å²) in [6.45, 7) is 5.17. The Morgan fingerprint density at radius 1 is 0.522 bits per heavy atom. The SMILES string of the molecule is OC(O)[C@H]1CCN(Cc2ccccc2)C[C@@H]1c1ccc(Cl)cc1.OC(O)[C@H]1CCN(Cc2ccccc2)C[C@@H]1c1ccc(Cl)cc1. The molecule has 2 saturated heterocycles. The molecule has 0 unspecified atom stereocenters. The highest BCUT2D eigenvalue weighted by Crippen LogP contribution is 2.36. The van der Waals surface area contributed by atoms with E-state index < -0.39 is 12.6 Å². The highest BCUT2D eigenvalue weighted by molar-refractivity contribution is 6.30. The van der Waals surface area contributed by atoms with Gasteiger partial charge in [-0.1, -0.05) is 108 Å². The Morgan fingerprint density at radius 3 is 1.20 bits per heavy atom. The van der Waals surface area contributed by atoms with Crippen molar-refractivity contribution in [3.05, 3.63) is 141 Å². The average Bonchev–Trinajstić information content (AvgIpc) is 3.06. The molecular weight excluding hydrogens is 619 g/mol. The number of rotatable bonds is 8. The number of hydrogen-bond donors (Lipinski definition) is 4. The molecule has 0 spiro atoms. The lowest BCUT2D eigenvalue weighted by molar-refractivity contribution is -0.106. The second-order valence-electron chi connectivity index (χ2n) is 12.5. The van der Waals surface area contributed by atoms with Crippen molar-refractivity contribution in [1.29, 1.82) is 0 Å². The molecule has 4 aromatic carbocycles. The molecule has 0 bridgehead atoms. The average molecular weight is 664 g/mol. The van der Waals surface area contributed by atoms with Crippen molar-refractivity contribution in [2.45, 2.75) is 50.3 Å². The standard InChI is InChI=1S/2C19H22ClNO2/c2*20-16-8-6-15(7-9-16)18-13-21(11-10-17(18)19(22)23)12-14-4-2-1-3-5-14/h2*1-9,17-19,22-23H,10-13H2/t2*17-,18+/m00/s1. The number of aliphatic hydroxyl groups is 4. The van der Waals surface area contributed by atoms with Crippen LogP contribution in [0.15, 0.2) is 109 Å². The van der Waals surface area contributed by atoms with Gasteiger partial charge in [0, 0.05) is 59.9 Å². The van der Waals surface area contributed by atoms with Crippen LogP contribution in [0.4, 0.5) is 0 Å². The summed E-state index contributed by atoms with van der Waals surface area (Å²) >= 11 is 12.0. The Balaban J connectivity index is 0.000000181. The summed E-state index contributed by atoms with van der Waals surface area (Å²) in [5, 5.41) is 40.4. The molecule has 2 fully saturated rings. The summed E-state index contributed by atoms with van der Waals surface area (Å²) in [4.78, 5) is 4.76. The molecular formula is C38H44Cl2N2O4. The molecule has 2 aliphatic heterocycles. The fourth-order valence-corrected chi connectivity index (χ4v) is 7.14. The van der Waals surface area contributed by atoms with E-state index in [4.69, 9.17) is 23.2 Å². The first-order valence-corrected chi connectivity index (χ1v) is 16.8. The van der Waals surface area contributed by atoms with Crippen LogP contribution in [0.3, 0.4) is 0 Å². The topological polar surface area (TPSA) is 87.4 Å². The molecule has 0 aromatic heterocycles. The Hall–Kier alpha value is -2.78. The van der Waals surface area contributed by atoms with E-state index in [0.29, 0.717) is 10.0 Å². The molecule has 244 valence electrons. The number of hydrogen-bond acceptors (Lipinski definition) is 6. The van der Waals surface area contributed by atoms with Crippen LogP contribution in [0.2, 0.25) is 10.0 Å². The third-order valence-corrected chi connectivity index (χ3v) is 9.86. The van der Waals surface area contributed by atoms with Crippen LogP contribution in [0.1, 0.15) is 46.9 Å². The summed E-state index contributed by atoms with van der Waals surface area (Å²) in [6.07, 6.45) is -1.01. The normalized spacial score (nSPS) is 22.4. The van der Waals surface area contributed by atoms with Crippen molar-refractivity contribution in [1.82, 2.24) is 9.80 Å². The fraction of sp³-hybridized carbons (Fsp3) is 0.368. The van der Waals surface area contributed by atoms with Gasteiger partial charge >= 0.3 is 0 Å². The lowest BCUT2D eigenvalue weighted by Crippen LogP contribution is -2.42. The summed E-state index contributed by atoms with van der Waals surface area (Å²) in [6, 6.07) is 36.2. The number of benzene rings is 4. The van der Waals surface area contributed by atoms with E-state index in [-0.39, 0.29) is 23.7 Å². The number of nitrogens with zero attached hydrogens (tertiary/aromatic N) is 2. The van der Waals surface area contributed by atoms with Crippen LogP contribution in [-0.2, 0) is 13.1 Å². The molecule has 6 rings (SSSR count). The number of piperidine rings is 2. The lowest BCUT2D eigenvalue weighted by atomic mass is 9.80. The predicted octanol–water partition coefficient (Wildman–Crippen LogP) is 6.51. The molecule has 0 aliphatic carbocycles. The minimum Gasteiger partial charge on any atom is -0.368 e. The quantitative estimate of drug-likeness (QED) is 0.161. The second-order valence-corrected chi connectivity index (χ2v) is 13.4. The van der Waals surface area contributed by atoms with E-state index in [9.17, 15) is 20.4 Å². The van der Waals surface area contributed by atoms with Gasteiger partial charge in [0.05, 0.1) is 0 Å². The van der Waals surface area contributed by atoms with Crippen molar-refractivity contribution < 1.29 is 20.4 Å². The van der Waals surface area contributed by atoms with Crippen LogP contribution in [0, 0.1) is 11.8 Å². The third kappa shape index (κ3) is 9.63. The molecule has 0 radical (unpaired) electrons. The first-order valence-electron chi connectivity index (χ1n) is 16.0. The molecule has 46 heavy (non-hydrogen) atoms. The van der Waals surface area contributed by atoms with Crippen LogP contribution in [-0.4, -0.2) is 69.0 Å². The van der Waals surface area contributed by atoms with Crippen molar-refractivity contribution in [3.63, 3.8) is 0 Å². The molecule has 8 heteroatoms. The zero-order valence-corrected chi connectivity index (χ0v) is 27.5. The van der Waals surface area contributed by atoms with Gasteiger partial charge in [-0.2, -0.15) is 0 Å². The highest BCUT2D eigenvalue weighted by Gasteiger charge is 2.35. The maximum absolute atomic E-state index is 9.75. The molecule has 2 heterocycles. The van der Waals surface area contributed by atoms with Crippen LogP contribution < -0.4 is 0 Å². The summed E-state index contributed by atoms with van der Waals surface area (Å²) in [7, 11) is 0. The van der Waals surface area contributed by atoms with Crippen molar-refractivity contribution in [2.24, 2.45) is 11.8 Å². The third-order valence-electron chi connectivity index (χ3n) is 9.36. The lowest BCUT2D eigenvalue weighted by Gasteiger charge is -2.39. The molecule has 0 saturated carbocycles. The van der Waals surface area contributed by atoms with E-state index in [2.05, 4.69) is 58.3 Å². The van der Waals surface area contributed by atoms with E-state index in [0.717, 1.165) is 63.2 Å². The highest BCUT2D eigenvalue weighted by atomic mass is 35.5. The summed E-state index contributed by atoms with van der Waals surface area (Å²) in [5.41, 5.74) is 4.80. The van der Waals surface area contributed by atoms with Crippen LogP contribution in [0.5, 0.6) is 0 Å². The zero-order valence-electron chi connectivity index (χ0n) is 26.0. The van der Waals surface area contributed by atoms with Gasteiger partial charge in [-0.25, -0.2) is 0 Å². The monoisotopic (exact) mass is 662 g/mol. The van der Waals surface area contributed by atoms with Gasteiger partial charge < -0.3 is 20.4 Å². The molecule has 4 atom stereocenters. The molecule has 2 aliphatic rings. The predicted molar refractivity (Wildman–Crippen MR) is 184 cm³/mol. The minimum atomic E-state index is -1.28. The van der Waals surface area contributed by atoms with Gasteiger partial charge in [0.1, 0.15) is 0 Å². The molecule has 0 amide bonds. The number of aliphatic hydroxyl groups excluding tert-OH is 2. The van der Waals surface area contributed by atoms with Crippen molar-refractivity contribution in [3.8, 4) is 0 Å². The van der Waals surface area contributed by atoms with Gasteiger partial charge in [0.2, 0.25) is 0 Å². The Kier molecular flexibility index (Phi) is 12.7. The van der Waals surface area contributed by atoms with Gasteiger partial charge in [0.25, 0.3) is 0 Å². The number of likely N-dealkylation sites (tertiary alicyclic amines) is 2. The summed E-state index contributed by atoms with van der Waals surface area (Å²) < 4.78 is 0. The van der Waals surface area contributed by atoms with Gasteiger partial charge in [0.15, 0.2) is 12.6 Å². The molecule has 6 nitrogen and oxygen atoms in total. The van der Waals surface area contributed by atoms with Gasteiger partial charge in [-0.05, 0) is 72.5 Å². The summed E-state index contributed by atoms with van der Waals surface area (Å²) in [5.74, 6) is -0.0687. The van der Waals surface area contributed by atoms with E-state index in [1.165, 1.54) is 11.1 Å². The minimum absolute atomic E-state index is 0.102. The van der Waals surface area contributed by atoms with E-state index in [1.807, 2.05) is 60.7 Å². The largest absolute Gasteiger partial charge is 0.368 e. The second kappa shape index (κ2) is 16.9. The smallest absolute Gasteiger partial charge is 0.154 e. The Labute approximate surface area is 282 Å². The van der Waals surface area contributed by atoms with Gasteiger partial charge in [-0.15, -0.1) is 0 Å². The van der Waals surface area contributed by atoms with E-state index in [1.54, 1.807) is 0 Å². The van der Waals surface area contributed by atoms with Gasteiger partial charge in [-0.3, -0.25) is 9.80 Å². The first-order chi connectivity index (χ1) is 22.3. The maximum atomic E-state index is 9.75. The van der Waals surface area contributed by atoms with Crippen molar-refractivity contribution >= 4 is 23.2 Å². The fourth-order valence-electron chi connectivity index (χ4n) is 6.88. The Bertz CT molecular complexity index is 1340. The Morgan fingerprint density at radius 2 is 0.870 bits per heavy atom. The molecule has 4 aromatic rings. The van der Waals surface area contributed by atoms with Crippen LogP contribution in [0.25, 0.3) is 0 Å².